The van der Waals surface area contributed by atoms with Crippen LogP contribution in [0, 0.1) is 27.7 Å². The first-order valence-electron chi connectivity index (χ1n) is 29.9. The Balaban J connectivity index is 1.10. The van der Waals surface area contributed by atoms with E-state index in [-0.39, 0.29) is 0 Å². The van der Waals surface area contributed by atoms with E-state index in [1.54, 1.807) is 0 Å². The molecule has 0 fully saturated rings. The van der Waals surface area contributed by atoms with E-state index in [1.807, 2.05) is 0 Å². The van der Waals surface area contributed by atoms with Gasteiger partial charge in [-0.25, -0.2) is 0 Å². The van der Waals surface area contributed by atoms with Gasteiger partial charge in [0.05, 0.1) is 0 Å². The molecule has 0 aliphatic carbocycles. The van der Waals surface area contributed by atoms with Crippen molar-refractivity contribution in [3.63, 3.8) is 0 Å². The van der Waals surface area contributed by atoms with Gasteiger partial charge in [-0.1, -0.05) is 0 Å². The maximum atomic E-state index is 3.73. The van der Waals surface area contributed by atoms with Gasteiger partial charge in [-0.3, -0.25) is 0 Å². The van der Waals surface area contributed by atoms with Crippen LogP contribution in [0.15, 0.2) is 309 Å². The molecule has 0 amide bonds. The zero-order valence-corrected chi connectivity index (χ0v) is 59.2. The number of aryl methyl sites for hydroxylation is 4. The van der Waals surface area contributed by atoms with Gasteiger partial charge in [-0.15, -0.1) is 0 Å². The summed E-state index contributed by atoms with van der Waals surface area (Å²) in [5, 5.41) is 0. The van der Waals surface area contributed by atoms with Gasteiger partial charge in [0.2, 0.25) is 0 Å². The molecule has 89 heavy (non-hydrogen) atoms. The summed E-state index contributed by atoms with van der Waals surface area (Å²) in [6.07, 6.45) is 9.32. The molecular formula is C84H64Br4Sn. The second kappa shape index (κ2) is 28.0. The molecule has 432 valence electrons. The molecule has 0 radical (unpaired) electrons. The first kappa shape index (κ1) is 61.6. The number of rotatable bonds is 16. The SMILES string of the molecule is Cc1ccc(C=C(c2ccc(Br)cc2)c2cc[c]([Sn]([c]3ccc(C(=Cc4ccc(C)cc4)c4ccc(Br)cc4)cc3)([c]3ccc(C(=Cc4ccc(C)cc4)c4ccc(Br)cc4)cc3)[c]3ccc(C(=Cc4ccc(C)cc4)c4ccc(Br)cc4)cc3)cc2)cc1. The van der Waals surface area contributed by atoms with Gasteiger partial charge in [-0.05, 0) is 0 Å². The minimum atomic E-state index is -4.56. The Morgan fingerprint density at radius 2 is 0.348 bits per heavy atom. The fraction of sp³-hybridized carbons (Fsp3) is 0.0476. The molecule has 5 heteroatoms. The van der Waals surface area contributed by atoms with Crippen molar-refractivity contribution in [2.45, 2.75) is 27.7 Å². The minimum absolute atomic E-state index is 1.05. The van der Waals surface area contributed by atoms with Crippen molar-refractivity contribution in [2.24, 2.45) is 0 Å². The van der Waals surface area contributed by atoms with Gasteiger partial charge in [-0.2, -0.15) is 0 Å². The molecule has 0 aromatic heterocycles. The molecule has 0 heterocycles. The van der Waals surface area contributed by atoms with Crippen LogP contribution < -0.4 is 14.3 Å². The van der Waals surface area contributed by atoms with Crippen LogP contribution in [0.3, 0.4) is 0 Å². The van der Waals surface area contributed by atoms with Crippen LogP contribution in [-0.4, -0.2) is 18.4 Å². The molecule has 0 unspecified atom stereocenters. The van der Waals surface area contributed by atoms with E-state index in [1.165, 1.54) is 36.6 Å². The van der Waals surface area contributed by atoms with Crippen LogP contribution in [0.4, 0.5) is 0 Å². The molecule has 0 saturated heterocycles. The van der Waals surface area contributed by atoms with E-state index in [0.717, 1.165) is 107 Å². The summed E-state index contributed by atoms with van der Waals surface area (Å²) in [5.74, 6) is 0. The molecule has 12 rings (SSSR count). The molecule has 12 aromatic rings. The van der Waals surface area contributed by atoms with Gasteiger partial charge >= 0.3 is 569 Å². The van der Waals surface area contributed by atoms with Crippen molar-refractivity contribution in [1.29, 1.82) is 0 Å². The number of hydrogen-bond donors (Lipinski definition) is 0. The van der Waals surface area contributed by atoms with Crippen molar-refractivity contribution in [2.75, 3.05) is 0 Å². The van der Waals surface area contributed by atoms with Crippen molar-refractivity contribution < 1.29 is 0 Å². The van der Waals surface area contributed by atoms with E-state index in [2.05, 4.69) is 407 Å². The van der Waals surface area contributed by atoms with Crippen LogP contribution in [0.1, 0.15) is 89.0 Å². The standard InChI is InChI=1S/4C21H16Br.Sn/c4*1-16-7-9-17(10-8-16)15-21(18-5-3-2-4-6-18)19-11-13-20(22)14-12-19;/h4*3-15H,1H3;. The Morgan fingerprint density at radius 1 is 0.202 bits per heavy atom. The quantitative estimate of drug-likeness (QED) is 0.0668. The Morgan fingerprint density at radius 3 is 0.506 bits per heavy atom. The monoisotopic (exact) mass is 1510 g/mol. The topological polar surface area (TPSA) is 0 Å². The van der Waals surface area contributed by atoms with E-state index in [0.29, 0.717) is 0 Å². The van der Waals surface area contributed by atoms with Crippen LogP contribution in [0.25, 0.3) is 46.6 Å². The molecule has 0 N–H and O–H groups in total. The summed E-state index contributed by atoms with van der Waals surface area (Å²) in [5.41, 5.74) is 23.4. The summed E-state index contributed by atoms with van der Waals surface area (Å²) in [6.45, 7) is 8.58. The van der Waals surface area contributed by atoms with Crippen LogP contribution in [0.5, 0.6) is 0 Å². The first-order valence-corrected chi connectivity index (χ1v) is 38.8. The van der Waals surface area contributed by atoms with E-state index in [4.69, 9.17) is 0 Å². The summed E-state index contributed by atoms with van der Waals surface area (Å²) in [7, 11) is 0. The fourth-order valence-electron chi connectivity index (χ4n) is 11.8. The number of halogens is 4. The second-order valence-corrected chi connectivity index (χ2v) is 37.5. The van der Waals surface area contributed by atoms with Gasteiger partial charge in [0.1, 0.15) is 0 Å². The van der Waals surface area contributed by atoms with Crippen molar-refractivity contribution >= 4 is 143 Å². The molecule has 0 aliphatic rings. The number of benzene rings is 12. The Hall–Kier alpha value is -7.68. The van der Waals surface area contributed by atoms with Crippen molar-refractivity contribution in [3.05, 3.63) is 398 Å². The third-order valence-electron chi connectivity index (χ3n) is 16.7. The zero-order valence-electron chi connectivity index (χ0n) is 50.0. The first-order chi connectivity index (χ1) is 43.3. The van der Waals surface area contributed by atoms with Crippen LogP contribution in [-0.2, 0) is 0 Å². The fourth-order valence-corrected chi connectivity index (χ4v) is 26.1. The summed E-state index contributed by atoms with van der Waals surface area (Å²) in [6, 6.07) is 109. The average molecular weight is 1510 g/mol. The van der Waals surface area contributed by atoms with Crippen LogP contribution in [0.2, 0.25) is 0 Å². The average Bonchev–Trinajstić information content (AvgIpc) is 0.856. The molecule has 12 aromatic carbocycles. The molecule has 0 bridgehead atoms. The van der Waals surface area contributed by atoms with Crippen LogP contribution >= 0.6 is 63.7 Å². The van der Waals surface area contributed by atoms with Gasteiger partial charge in [0.25, 0.3) is 0 Å². The third-order valence-corrected chi connectivity index (χ3v) is 32.5. The van der Waals surface area contributed by atoms with E-state index in [9.17, 15) is 0 Å². The Labute approximate surface area is 563 Å². The molecule has 0 atom stereocenters. The molecule has 0 saturated carbocycles. The van der Waals surface area contributed by atoms with Gasteiger partial charge in [0, 0.05) is 0 Å². The molecule has 0 aliphatic heterocycles. The summed E-state index contributed by atoms with van der Waals surface area (Å²) in [4.78, 5) is 0. The zero-order chi connectivity index (χ0) is 61.4. The molecule has 0 spiro atoms. The predicted molar refractivity (Wildman–Crippen MR) is 399 cm³/mol. The Bertz CT molecular complexity index is 3920. The van der Waals surface area contributed by atoms with Crippen molar-refractivity contribution in [1.82, 2.24) is 0 Å². The normalized spacial score (nSPS) is 12.9. The van der Waals surface area contributed by atoms with Gasteiger partial charge in [0.15, 0.2) is 0 Å². The van der Waals surface area contributed by atoms with E-state index >= 15 is 0 Å². The second-order valence-electron chi connectivity index (χ2n) is 23.0. The molecule has 0 nitrogen and oxygen atoms in total. The third kappa shape index (κ3) is 14.5. The Kier molecular flexibility index (Phi) is 19.4. The predicted octanol–water partition coefficient (Wildman–Crippen LogP) is 21.7. The molecular weight excluding hydrogens is 1450 g/mol. The van der Waals surface area contributed by atoms with Gasteiger partial charge < -0.3 is 0 Å². The number of hydrogen-bond acceptors (Lipinski definition) is 0. The summed E-state index contributed by atoms with van der Waals surface area (Å²) >= 11 is 10.3. The van der Waals surface area contributed by atoms with Crippen molar-refractivity contribution in [3.8, 4) is 0 Å². The van der Waals surface area contributed by atoms with E-state index < -0.39 is 18.4 Å². The summed E-state index contributed by atoms with van der Waals surface area (Å²) < 4.78 is 9.57. The maximum absolute atomic E-state index is 4.56.